The largest absolute Gasteiger partial charge is 2.00 e. The molecule has 2 unspecified atom stereocenters. The second kappa shape index (κ2) is 18.5. The van der Waals surface area contributed by atoms with Crippen LogP contribution in [0.3, 0.4) is 0 Å². The van der Waals surface area contributed by atoms with E-state index in [9.17, 15) is 9.59 Å². The van der Waals surface area contributed by atoms with E-state index < -0.39 is 7.12 Å². The monoisotopic (exact) mass is 617 g/mol. The number of benzene rings is 1. The van der Waals surface area contributed by atoms with Crippen LogP contribution < -0.4 is 10.8 Å². The molecule has 1 aliphatic heterocycles. The molecule has 2 atom stereocenters. The third-order valence-corrected chi connectivity index (χ3v) is 8.41. The summed E-state index contributed by atoms with van der Waals surface area (Å²) in [5, 5.41) is 2.96. The molecule has 40 heavy (non-hydrogen) atoms. The van der Waals surface area contributed by atoms with Gasteiger partial charge in [0.25, 0.3) is 0 Å². The van der Waals surface area contributed by atoms with Gasteiger partial charge in [-0.3, -0.25) is 9.59 Å². The predicted octanol–water partition coefficient (Wildman–Crippen LogP) is 6.12. The molecule has 0 aromatic heterocycles. The number of carbonyl (C=O) groups is 2. The molecule has 6 nitrogen and oxygen atoms in total. The average Bonchev–Trinajstić information content (AvgIpc) is 3.60. The summed E-state index contributed by atoms with van der Waals surface area (Å²) in [6.45, 7) is 9.09. The molecule has 1 saturated heterocycles. The molecule has 1 heterocycles. The summed E-state index contributed by atoms with van der Waals surface area (Å²) >= 11 is 4.08. The Morgan fingerprint density at radius 1 is 0.950 bits per heavy atom. The summed E-state index contributed by atoms with van der Waals surface area (Å²) in [6.07, 6.45) is 11.4. The molecule has 0 spiro atoms. The smallest absolute Gasteiger partial charge is 0.461 e. The van der Waals surface area contributed by atoms with Crippen LogP contribution in [0.25, 0.3) is 0 Å². The molecule has 4 rings (SSSR count). The fraction of sp³-hybridized carbons (Fsp3) is 0.677. The third-order valence-electron chi connectivity index (χ3n) is 8.19. The molecular weight excluding hydrogens is 565 g/mol. The van der Waals surface area contributed by atoms with Crippen molar-refractivity contribution in [2.24, 2.45) is 11.8 Å². The van der Waals surface area contributed by atoms with Crippen molar-refractivity contribution in [1.29, 1.82) is 0 Å². The quantitative estimate of drug-likeness (QED) is 0.151. The Kier molecular flexibility index (Phi) is 18.1. The van der Waals surface area contributed by atoms with Crippen molar-refractivity contribution in [2.75, 3.05) is 12.3 Å². The topological polar surface area (TPSA) is 73.9 Å². The number of rotatable bonds is 9. The maximum atomic E-state index is 12.3. The minimum Gasteiger partial charge on any atom is -0.461 e. The second-order valence-electron chi connectivity index (χ2n) is 11.8. The molecule has 0 radical (unpaired) electrons. The van der Waals surface area contributed by atoms with Crippen molar-refractivity contribution in [3.8, 4) is 0 Å². The fourth-order valence-electron chi connectivity index (χ4n) is 5.09. The Hall–Kier alpha value is -0.986. The third kappa shape index (κ3) is 12.1. The molecule has 1 N–H and O–H groups in total. The van der Waals surface area contributed by atoms with Crippen LogP contribution in [-0.2, 0) is 47.3 Å². The number of hydrogen-bond acceptors (Lipinski definition) is 6. The van der Waals surface area contributed by atoms with Gasteiger partial charge in [0.2, 0.25) is 5.91 Å². The number of hydrogen-bond donors (Lipinski definition) is 2. The predicted molar refractivity (Wildman–Crippen MR) is 165 cm³/mol. The molecule has 0 bridgehead atoms. The van der Waals surface area contributed by atoms with E-state index in [1.54, 1.807) is 0 Å². The van der Waals surface area contributed by atoms with Gasteiger partial charge in [-0.05, 0) is 75.6 Å². The summed E-state index contributed by atoms with van der Waals surface area (Å²) in [4.78, 5) is 23.9. The molecule has 9 heteroatoms. The van der Waals surface area contributed by atoms with Crippen molar-refractivity contribution >= 4 is 37.1 Å². The van der Waals surface area contributed by atoms with Crippen molar-refractivity contribution in [3.63, 3.8) is 0 Å². The molecule has 3 aliphatic rings. The van der Waals surface area contributed by atoms with Crippen LogP contribution in [-0.4, -0.2) is 42.5 Å². The van der Waals surface area contributed by atoms with E-state index in [1.165, 1.54) is 32.1 Å². The number of thiol groups is 1. The Bertz CT molecular complexity index is 855. The minimum atomic E-state index is -0.394. The fourth-order valence-corrected chi connectivity index (χ4v) is 5.29. The van der Waals surface area contributed by atoms with E-state index in [1.807, 2.05) is 52.0 Å². The van der Waals surface area contributed by atoms with Gasteiger partial charge < -0.3 is 34.2 Å². The summed E-state index contributed by atoms with van der Waals surface area (Å²) in [5.41, 5.74) is 1.15. The second-order valence-corrected chi connectivity index (χ2v) is 12.2. The van der Waals surface area contributed by atoms with Crippen LogP contribution in [0.2, 0.25) is 0 Å². The Balaban J connectivity index is 0.00000171. The zero-order valence-electron chi connectivity index (χ0n) is 25.6. The molecule has 228 valence electrons. The van der Waals surface area contributed by atoms with Gasteiger partial charge in [-0.25, -0.2) is 0 Å². The molecule has 1 amide bonds. The van der Waals surface area contributed by atoms with Gasteiger partial charge in [0.05, 0.1) is 11.2 Å². The normalized spacial score (nSPS) is 22.1. The van der Waals surface area contributed by atoms with E-state index in [-0.39, 0.29) is 61.6 Å². The summed E-state index contributed by atoms with van der Waals surface area (Å²) in [6, 6.07) is 7.84. The number of amides is 1. The SMILES string of the molecule is C1CCCC1.CC1(C)OB(c2ccc(COC(=O)CC3CCC(CNC(=O)CCS)C3)cc2)OC1(C)C.[CH3-].[CH3-].[Fe+2]. The van der Waals surface area contributed by atoms with Gasteiger partial charge in [0.1, 0.15) is 6.61 Å². The van der Waals surface area contributed by atoms with Crippen molar-refractivity contribution in [3.05, 3.63) is 44.7 Å². The van der Waals surface area contributed by atoms with Crippen LogP contribution in [0.15, 0.2) is 24.3 Å². The van der Waals surface area contributed by atoms with Gasteiger partial charge >= 0.3 is 30.2 Å². The number of carbonyl (C=O) groups excluding carboxylic acids is 2. The number of nitrogens with one attached hydrogen (secondary N) is 1. The van der Waals surface area contributed by atoms with E-state index in [0.717, 1.165) is 30.3 Å². The van der Waals surface area contributed by atoms with Crippen LogP contribution in [0, 0.1) is 26.7 Å². The van der Waals surface area contributed by atoms with E-state index >= 15 is 0 Å². The van der Waals surface area contributed by atoms with Crippen LogP contribution in [0.1, 0.15) is 97.5 Å². The first-order chi connectivity index (χ1) is 17.6. The van der Waals surface area contributed by atoms with Crippen LogP contribution >= 0.6 is 12.6 Å². The zero-order valence-corrected chi connectivity index (χ0v) is 27.6. The Morgan fingerprint density at radius 3 is 2.00 bits per heavy atom. The first-order valence-electron chi connectivity index (χ1n) is 14.1. The molecular formula is C31H52BFeNO5S. The molecule has 1 aromatic carbocycles. The van der Waals surface area contributed by atoms with Gasteiger partial charge in [-0.1, -0.05) is 56.4 Å². The van der Waals surface area contributed by atoms with Gasteiger partial charge in [-0.2, -0.15) is 12.6 Å². The summed E-state index contributed by atoms with van der Waals surface area (Å²) in [5.74, 6) is 1.23. The first kappa shape index (κ1) is 39.0. The number of ether oxygens (including phenoxy) is 1. The summed E-state index contributed by atoms with van der Waals surface area (Å²) < 4.78 is 17.7. The van der Waals surface area contributed by atoms with Gasteiger partial charge in [-0.15, -0.1) is 0 Å². The number of esters is 1. The van der Waals surface area contributed by atoms with Crippen molar-refractivity contribution in [1.82, 2.24) is 5.32 Å². The van der Waals surface area contributed by atoms with Gasteiger partial charge in [0, 0.05) is 19.4 Å². The maximum Gasteiger partial charge on any atom is 2.00 e. The Morgan fingerprint density at radius 2 is 1.48 bits per heavy atom. The van der Waals surface area contributed by atoms with Crippen LogP contribution in [0.4, 0.5) is 0 Å². The van der Waals surface area contributed by atoms with Crippen molar-refractivity contribution in [2.45, 2.75) is 110 Å². The molecule has 2 aliphatic carbocycles. The van der Waals surface area contributed by atoms with Gasteiger partial charge in [0.15, 0.2) is 0 Å². The zero-order chi connectivity index (χ0) is 26.9. The average molecular weight is 617 g/mol. The minimum absolute atomic E-state index is 0. The van der Waals surface area contributed by atoms with Crippen LogP contribution in [0.5, 0.6) is 0 Å². The maximum absolute atomic E-state index is 12.3. The van der Waals surface area contributed by atoms with E-state index in [2.05, 4.69) is 17.9 Å². The van der Waals surface area contributed by atoms with E-state index in [4.69, 9.17) is 14.0 Å². The van der Waals surface area contributed by atoms with E-state index in [0.29, 0.717) is 37.0 Å². The molecule has 1 aromatic rings. The summed E-state index contributed by atoms with van der Waals surface area (Å²) in [7, 11) is -0.394. The standard InChI is InChI=1S/C24H36BNO5S.C5H10.2CH3.Fe/c1-23(2)24(3,4)31-25(30-23)20-9-7-17(8-10-20)16-29-22(28)14-18-5-6-19(13-18)15-26-21(27)11-12-32;1-2-4-5-3-1;;;/h7-10,18-19,32H,5-6,11-16H2,1-4H3,(H,26,27);1-5H2;2*1H3;/q;;2*-1;+2. The molecule has 2 saturated carbocycles. The van der Waals surface area contributed by atoms with Crippen molar-refractivity contribution < 1.29 is 40.7 Å². The first-order valence-corrected chi connectivity index (χ1v) is 14.7. The molecule has 3 fully saturated rings. The Labute approximate surface area is 260 Å².